The van der Waals surface area contributed by atoms with Crippen LogP contribution in [0.5, 0.6) is 5.75 Å². The van der Waals surface area contributed by atoms with E-state index in [-0.39, 0.29) is 5.25 Å². The Morgan fingerprint density at radius 1 is 1.20 bits per heavy atom. The molecule has 2 saturated heterocycles. The third kappa shape index (κ3) is 5.58. The molecule has 1 aromatic rings. The number of aryl methyl sites for hydroxylation is 1. The molecule has 0 bridgehead atoms. The molecular formula is C20H29NO2S2. The van der Waals surface area contributed by atoms with Crippen molar-refractivity contribution in [2.75, 3.05) is 37.0 Å². The summed E-state index contributed by atoms with van der Waals surface area (Å²) in [4.78, 5) is 14.7. The lowest BCUT2D eigenvalue weighted by Gasteiger charge is -2.35. The number of likely N-dealkylation sites (tertiary alicyclic amines) is 1. The van der Waals surface area contributed by atoms with Gasteiger partial charge in [0, 0.05) is 30.3 Å². The number of amides is 1. The Balaban J connectivity index is 1.39. The van der Waals surface area contributed by atoms with Crippen LogP contribution in [0.2, 0.25) is 0 Å². The van der Waals surface area contributed by atoms with Crippen LogP contribution in [0.1, 0.15) is 31.7 Å². The third-order valence-electron chi connectivity index (χ3n) is 5.09. The summed E-state index contributed by atoms with van der Waals surface area (Å²) in [6.45, 7) is 4.63. The van der Waals surface area contributed by atoms with Crippen molar-refractivity contribution in [2.24, 2.45) is 5.92 Å². The fraction of sp³-hybridized carbons (Fsp3) is 0.650. The van der Waals surface area contributed by atoms with Gasteiger partial charge < -0.3 is 9.64 Å². The predicted molar refractivity (Wildman–Crippen MR) is 109 cm³/mol. The highest BCUT2D eigenvalue weighted by atomic mass is 32.2. The van der Waals surface area contributed by atoms with Crippen molar-refractivity contribution in [1.29, 1.82) is 0 Å². The number of carbonyl (C=O) groups is 1. The lowest BCUT2D eigenvalue weighted by Crippen LogP contribution is -2.44. The zero-order chi connectivity index (χ0) is 17.5. The van der Waals surface area contributed by atoms with Crippen molar-refractivity contribution in [1.82, 2.24) is 4.90 Å². The van der Waals surface area contributed by atoms with E-state index in [2.05, 4.69) is 29.2 Å². The lowest BCUT2D eigenvalue weighted by molar-refractivity contribution is -0.131. The van der Waals surface area contributed by atoms with Gasteiger partial charge in [0.2, 0.25) is 5.91 Å². The molecule has 3 rings (SSSR count). The largest absolute Gasteiger partial charge is 0.494 e. The maximum absolute atomic E-state index is 12.6. The number of rotatable bonds is 6. The highest BCUT2D eigenvalue weighted by Crippen LogP contribution is 2.28. The molecule has 0 aliphatic carbocycles. The summed E-state index contributed by atoms with van der Waals surface area (Å²) in [7, 11) is 0. The maximum atomic E-state index is 12.6. The molecule has 25 heavy (non-hydrogen) atoms. The van der Waals surface area contributed by atoms with Crippen molar-refractivity contribution in [3.05, 3.63) is 29.8 Å². The average Bonchev–Trinajstić information content (AvgIpc) is 2.68. The van der Waals surface area contributed by atoms with Crippen LogP contribution in [0, 0.1) is 5.92 Å². The highest BCUT2D eigenvalue weighted by Gasteiger charge is 2.29. The molecule has 2 aliphatic heterocycles. The molecule has 0 radical (unpaired) electrons. The molecule has 1 aromatic carbocycles. The van der Waals surface area contributed by atoms with Gasteiger partial charge in [-0.15, -0.1) is 11.8 Å². The molecule has 1 unspecified atom stereocenters. The van der Waals surface area contributed by atoms with E-state index in [1.54, 1.807) is 0 Å². The number of nitrogens with zero attached hydrogens (tertiary/aromatic N) is 1. The average molecular weight is 380 g/mol. The molecule has 1 amide bonds. The molecule has 2 fully saturated rings. The molecule has 0 aromatic heterocycles. The Kier molecular flexibility index (Phi) is 7.41. The number of piperidine rings is 1. The number of benzene rings is 1. The minimum Gasteiger partial charge on any atom is -0.494 e. The summed E-state index contributed by atoms with van der Waals surface area (Å²) in [5.41, 5.74) is 1.39. The Morgan fingerprint density at radius 2 is 1.96 bits per heavy atom. The maximum Gasteiger partial charge on any atom is 0.236 e. The summed E-state index contributed by atoms with van der Waals surface area (Å²) >= 11 is 3.78. The van der Waals surface area contributed by atoms with Gasteiger partial charge in [0.25, 0.3) is 0 Å². The second-order valence-electron chi connectivity index (χ2n) is 6.82. The first-order valence-electron chi connectivity index (χ1n) is 9.46. The van der Waals surface area contributed by atoms with E-state index in [4.69, 9.17) is 4.74 Å². The molecule has 1 atom stereocenters. The number of ether oxygens (including phenoxy) is 1. The summed E-state index contributed by atoms with van der Waals surface area (Å²) < 4.78 is 5.50. The Bertz CT molecular complexity index is 535. The van der Waals surface area contributed by atoms with Crippen LogP contribution < -0.4 is 4.74 Å². The van der Waals surface area contributed by atoms with Gasteiger partial charge in [-0.25, -0.2) is 0 Å². The predicted octanol–water partition coefficient (Wildman–Crippen LogP) is 4.11. The van der Waals surface area contributed by atoms with Crippen molar-refractivity contribution in [2.45, 2.75) is 37.9 Å². The van der Waals surface area contributed by atoms with Crippen LogP contribution in [0.3, 0.4) is 0 Å². The van der Waals surface area contributed by atoms with Gasteiger partial charge in [-0.1, -0.05) is 12.1 Å². The van der Waals surface area contributed by atoms with E-state index in [1.807, 2.05) is 30.4 Å². The second-order valence-corrected chi connectivity index (χ2v) is 9.28. The molecule has 0 spiro atoms. The molecule has 3 nitrogen and oxygen atoms in total. The first kappa shape index (κ1) is 19.0. The standard InChI is InChI=1S/C20H29NO2S2/c1-2-23-18-7-5-16(6-8-18)3-4-17-9-11-21(12-10-17)20(22)19-15-24-13-14-25-19/h5-8,17,19H,2-4,9-15H2,1H3. The summed E-state index contributed by atoms with van der Waals surface area (Å²) in [6, 6.07) is 8.50. The normalized spacial score (nSPS) is 22.0. The number of hydrogen-bond donors (Lipinski definition) is 0. The second kappa shape index (κ2) is 9.77. The highest BCUT2D eigenvalue weighted by molar-refractivity contribution is 8.07. The van der Waals surface area contributed by atoms with Gasteiger partial charge in [0.05, 0.1) is 11.9 Å². The van der Waals surface area contributed by atoms with Crippen LogP contribution in [0.4, 0.5) is 0 Å². The molecule has 138 valence electrons. The van der Waals surface area contributed by atoms with E-state index < -0.39 is 0 Å². The fourth-order valence-electron chi connectivity index (χ4n) is 3.57. The minimum atomic E-state index is 0.208. The van der Waals surface area contributed by atoms with Gasteiger partial charge >= 0.3 is 0 Å². The minimum absolute atomic E-state index is 0.208. The lowest BCUT2D eigenvalue weighted by atomic mass is 9.90. The number of hydrogen-bond acceptors (Lipinski definition) is 4. The third-order valence-corrected chi connectivity index (χ3v) is 7.83. The zero-order valence-corrected chi connectivity index (χ0v) is 16.7. The van der Waals surface area contributed by atoms with Crippen LogP contribution in [0.25, 0.3) is 0 Å². The van der Waals surface area contributed by atoms with E-state index in [9.17, 15) is 4.79 Å². The summed E-state index contributed by atoms with van der Waals surface area (Å²) in [5, 5.41) is 0.208. The monoisotopic (exact) mass is 379 g/mol. The van der Waals surface area contributed by atoms with Crippen LogP contribution in [-0.2, 0) is 11.2 Å². The van der Waals surface area contributed by atoms with E-state index in [0.29, 0.717) is 12.5 Å². The van der Waals surface area contributed by atoms with Gasteiger partial charge in [0.15, 0.2) is 0 Å². The van der Waals surface area contributed by atoms with Crippen molar-refractivity contribution in [3.63, 3.8) is 0 Å². The van der Waals surface area contributed by atoms with E-state index >= 15 is 0 Å². The number of carbonyl (C=O) groups excluding carboxylic acids is 1. The van der Waals surface area contributed by atoms with Crippen LogP contribution >= 0.6 is 23.5 Å². The van der Waals surface area contributed by atoms with Crippen LogP contribution in [-0.4, -0.2) is 53.0 Å². The Morgan fingerprint density at radius 3 is 2.60 bits per heavy atom. The summed E-state index contributed by atoms with van der Waals surface area (Å²) in [5.74, 6) is 5.42. The summed E-state index contributed by atoms with van der Waals surface area (Å²) in [6.07, 6.45) is 4.67. The van der Waals surface area contributed by atoms with Gasteiger partial charge in [-0.05, 0) is 56.2 Å². The van der Waals surface area contributed by atoms with Crippen molar-refractivity contribution in [3.8, 4) is 5.75 Å². The van der Waals surface area contributed by atoms with Crippen molar-refractivity contribution >= 4 is 29.4 Å². The Hall–Kier alpha value is -0.810. The molecule has 0 saturated carbocycles. The van der Waals surface area contributed by atoms with Gasteiger partial charge in [-0.2, -0.15) is 11.8 Å². The van der Waals surface area contributed by atoms with E-state index in [1.165, 1.54) is 17.7 Å². The van der Waals surface area contributed by atoms with Crippen LogP contribution in [0.15, 0.2) is 24.3 Å². The SMILES string of the molecule is CCOc1ccc(CCC2CCN(C(=O)C3CSCCS3)CC2)cc1. The Labute approximate surface area is 160 Å². The van der Waals surface area contributed by atoms with Gasteiger partial charge in [0.1, 0.15) is 5.75 Å². The van der Waals surface area contributed by atoms with Gasteiger partial charge in [-0.3, -0.25) is 4.79 Å². The molecule has 0 N–H and O–H groups in total. The molecule has 2 aliphatic rings. The first-order valence-corrected chi connectivity index (χ1v) is 11.7. The molecule has 5 heteroatoms. The quantitative estimate of drug-likeness (QED) is 0.744. The zero-order valence-electron chi connectivity index (χ0n) is 15.1. The van der Waals surface area contributed by atoms with Crippen molar-refractivity contribution < 1.29 is 9.53 Å². The smallest absolute Gasteiger partial charge is 0.236 e. The fourth-order valence-corrected chi connectivity index (χ4v) is 6.20. The topological polar surface area (TPSA) is 29.5 Å². The van der Waals surface area contributed by atoms with E-state index in [0.717, 1.165) is 55.5 Å². The first-order chi connectivity index (χ1) is 12.3. The molecular weight excluding hydrogens is 350 g/mol. The number of thioether (sulfide) groups is 2. The molecule has 2 heterocycles.